The third kappa shape index (κ3) is 2.20. The minimum absolute atomic E-state index is 0.151. The lowest BCUT2D eigenvalue weighted by Crippen LogP contribution is -2.22. The molecular weight excluding hydrogens is 320 g/mol. The normalized spacial score (nSPS) is 16.4. The Morgan fingerprint density at radius 2 is 1.75 bits per heavy atom. The number of ether oxygens (including phenoxy) is 1. The van der Waals surface area contributed by atoms with Gasteiger partial charge in [0, 0.05) is 10.6 Å². The van der Waals surface area contributed by atoms with Crippen molar-refractivity contribution in [1.82, 2.24) is 0 Å². The Bertz CT molecular complexity index is 1020. The summed E-state index contributed by atoms with van der Waals surface area (Å²) in [6.45, 7) is 0. The molecule has 1 aliphatic heterocycles. The molecule has 4 heteroatoms. The molecule has 0 radical (unpaired) electrons. The quantitative estimate of drug-likeness (QED) is 0.702. The number of hydrogen-bond acceptors (Lipinski definition) is 3. The summed E-state index contributed by atoms with van der Waals surface area (Å²) in [5.74, 6) is 0.573. The zero-order valence-electron chi connectivity index (χ0n) is 12.7. The fraction of sp³-hybridized carbons (Fsp3) is 0.0500. The van der Waals surface area contributed by atoms with E-state index in [1.807, 2.05) is 60.7 Å². The molecule has 0 saturated heterocycles. The monoisotopic (exact) mass is 332 g/mol. The SMILES string of the molecule is N#CC1=C(N)C(c2ccc(Cl)cc2)c2c(ccc3ccccc23)O1. The molecule has 1 aliphatic rings. The maximum absolute atomic E-state index is 9.38. The Hall–Kier alpha value is -2.96. The van der Waals surface area contributed by atoms with E-state index in [-0.39, 0.29) is 11.7 Å². The third-order valence-electron chi connectivity index (χ3n) is 4.31. The average Bonchev–Trinajstić information content (AvgIpc) is 2.62. The van der Waals surface area contributed by atoms with E-state index in [0.29, 0.717) is 16.5 Å². The van der Waals surface area contributed by atoms with E-state index >= 15 is 0 Å². The van der Waals surface area contributed by atoms with Crippen molar-refractivity contribution in [2.75, 3.05) is 0 Å². The van der Waals surface area contributed by atoms with Gasteiger partial charge in [0.2, 0.25) is 5.76 Å². The first kappa shape index (κ1) is 14.6. The van der Waals surface area contributed by atoms with Gasteiger partial charge >= 0.3 is 0 Å². The molecule has 3 nitrogen and oxygen atoms in total. The van der Waals surface area contributed by atoms with Crippen molar-refractivity contribution in [3.8, 4) is 11.8 Å². The maximum atomic E-state index is 9.38. The molecule has 0 aromatic heterocycles. The van der Waals surface area contributed by atoms with Gasteiger partial charge in [-0.2, -0.15) is 5.26 Å². The Labute approximate surface area is 144 Å². The van der Waals surface area contributed by atoms with E-state index in [1.165, 1.54) is 0 Å². The molecule has 1 heterocycles. The van der Waals surface area contributed by atoms with Crippen LogP contribution in [0.1, 0.15) is 17.0 Å². The van der Waals surface area contributed by atoms with Crippen LogP contribution in [0.3, 0.4) is 0 Å². The molecule has 4 rings (SSSR count). The number of hydrogen-bond donors (Lipinski definition) is 1. The summed E-state index contributed by atoms with van der Waals surface area (Å²) in [6.07, 6.45) is 0. The molecule has 116 valence electrons. The molecule has 1 unspecified atom stereocenters. The number of fused-ring (bicyclic) bond motifs is 3. The summed E-state index contributed by atoms with van der Waals surface area (Å²) < 4.78 is 5.74. The number of nitrogens with zero attached hydrogens (tertiary/aromatic N) is 1. The average molecular weight is 333 g/mol. The van der Waals surface area contributed by atoms with E-state index in [4.69, 9.17) is 22.1 Å². The molecule has 1 atom stereocenters. The molecule has 2 N–H and O–H groups in total. The Morgan fingerprint density at radius 3 is 2.50 bits per heavy atom. The molecule has 0 fully saturated rings. The number of nitriles is 1. The van der Waals surface area contributed by atoms with Gasteiger partial charge in [0.25, 0.3) is 0 Å². The minimum atomic E-state index is -0.244. The molecular formula is C20H13ClN2O. The van der Waals surface area contributed by atoms with Crippen molar-refractivity contribution in [1.29, 1.82) is 5.26 Å². The van der Waals surface area contributed by atoms with E-state index in [0.717, 1.165) is 21.9 Å². The second-order valence-corrected chi connectivity index (χ2v) is 6.12. The smallest absolute Gasteiger partial charge is 0.223 e. The number of benzene rings is 3. The molecule has 0 amide bonds. The third-order valence-corrected chi connectivity index (χ3v) is 4.56. The van der Waals surface area contributed by atoms with Crippen LogP contribution in [0.4, 0.5) is 0 Å². The first-order valence-electron chi connectivity index (χ1n) is 7.53. The van der Waals surface area contributed by atoms with Crippen LogP contribution in [-0.4, -0.2) is 0 Å². The van der Waals surface area contributed by atoms with Gasteiger partial charge in [-0.3, -0.25) is 0 Å². The van der Waals surface area contributed by atoms with Crippen LogP contribution < -0.4 is 10.5 Å². The first-order chi connectivity index (χ1) is 11.7. The van der Waals surface area contributed by atoms with Gasteiger partial charge in [0.15, 0.2) is 0 Å². The standard InChI is InChI=1S/C20H13ClN2O/c21-14-8-5-13(6-9-14)18-19-15-4-2-1-3-12(15)7-10-16(19)24-17(11-22)20(18)23/h1-10,18H,23H2. The summed E-state index contributed by atoms with van der Waals surface area (Å²) in [6, 6.07) is 21.6. The van der Waals surface area contributed by atoms with Gasteiger partial charge in [-0.15, -0.1) is 0 Å². The molecule has 0 spiro atoms. The molecule has 3 aromatic rings. The minimum Gasteiger partial charge on any atom is -0.444 e. The zero-order chi connectivity index (χ0) is 16.7. The number of allylic oxidation sites excluding steroid dienone is 2. The van der Waals surface area contributed by atoms with Gasteiger partial charge in [-0.25, -0.2) is 0 Å². The van der Waals surface area contributed by atoms with Gasteiger partial charge < -0.3 is 10.5 Å². The van der Waals surface area contributed by atoms with Crippen LogP contribution in [0.5, 0.6) is 5.75 Å². The summed E-state index contributed by atoms with van der Waals surface area (Å²) in [7, 11) is 0. The van der Waals surface area contributed by atoms with E-state index in [1.54, 1.807) is 0 Å². The molecule has 0 aliphatic carbocycles. The number of nitrogens with two attached hydrogens (primary N) is 1. The van der Waals surface area contributed by atoms with Gasteiger partial charge in [0.05, 0.1) is 11.6 Å². The van der Waals surface area contributed by atoms with E-state index in [2.05, 4.69) is 6.07 Å². The summed E-state index contributed by atoms with van der Waals surface area (Å²) in [5, 5.41) is 12.2. The van der Waals surface area contributed by atoms with Crippen molar-refractivity contribution in [3.63, 3.8) is 0 Å². The number of halogens is 1. The lowest BCUT2D eigenvalue weighted by Gasteiger charge is -2.28. The molecule has 0 bridgehead atoms. The highest BCUT2D eigenvalue weighted by atomic mass is 35.5. The van der Waals surface area contributed by atoms with Crippen LogP contribution in [0.15, 0.2) is 72.1 Å². The molecule has 0 saturated carbocycles. The zero-order valence-corrected chi connectivity index (χ0v) is 13.4. The van der Waals surface area contributed by atoms with Crippen molar-refractivity contribution >= 4 is 22.4 Å². The summed E-state index contributed by atoms with van der Waals surface area (Å²) in [5.41, 5.74) is 8.68. The number of rotatable bonds is 1. The highest BCUT2D eigenvalue weighted by molar-refractivity contribution is 6.30. The van der Waals surface area contributed by atoms with Crippen molar-refractivity contribution in [3.05, 3.63) is 88.3 Å². The van der Waals surface area contributed by atoms with Crippen LogP contribution in [0.25, 0.3) is 10.8 Å². The maximum Gasteiger partial charge on any atom is 0.223 e. The predicted molar refractivity (Wildman–Crippen MR) is 94.7 cm³/mol. The first-order valence-corrected chi connectivity index (χ1v) is 7.91. The van der Waals surface area contributed by atoms with Crippen LogP contribution in [0, 0.1) is 11.3 Å². The Balaban J connectivity index is 2.04. The fourth-order valence-electron chi connectivity index (χ4n) is 3.21. The second-order valence-electron chi connectivity index (χ2n) is 5.68. The van der Waals surface area contributed by atoms with E-state index in [9.17, 15) is 5.26 Å². The van der Waals surface area contributed by atoms with Crippen LogP contribution in [0.2, 0.25) is 5.02 Å². The molecule has 3 aromatic carbocycles. The highest BCUT2D eigenvalue weighted by Crippen LogP contribution is 2.44. The second kappa shape index (κ2) is 5.59. The lowest BCUT2D eigenvalue weighted by atomic mass is 9.83. The largest absolute Gasteiger partial charge is 0.444 e. The van der Waals surface area contributed by atoms with Gasteiger partial charge in [-0.1, -0.05) is 54.1 Å². The van der Waals surface area contributed by atoms with Crippen LogP contribution >= 0.6 is 11.6 Å². The van der Waals surface area contributed by atoms with Gasteiger partial charge in [0.1, 0.15) is 11.8 Å². The van der Waals surface area contributed by atoms with Gasteiger partial charge in [-0.05, 0) is 34.5 Å². The fourth-order valence-corrected chi connectivity index (χ4v) is 3.33. The summed E-state index contributed by atoms with van der Waals surface area (Å²) in [4.78, 5) is 0. The Morgan fingerprint density at radius 1 is 1.00 bits per heavy atom. The topological polar surface area (TPSA) is 59.0 Å². The predicted octanol–water partition coefficient (Wildman–Crippen LogP) is 4.71. The van der Waals surface area contributed by atoms with Crippen molar-refractivity contribution < 1.29 is 4.74 Å². The van der Waals surface area contributed by atoms with Crippen molar-refractivity contribution in [2.24, 2.45) is 5.73 Å². The molecule has 24 heavy (non-hydrogen) atoms. The van der Waals surface area contributed by atoms with Crippen molar-refractivity contribution in [2.45, 2.75) is 5.92 Å². The summed E-state index contributed by atoms with van der Waals surface area (Å²) >= 11 is 6.02. The lowest BCUT2D eigenvalue weighted by molar-refractivity contribution is 0.417. The Kier molecular flexibility index (Phi) is 3.41. The van der Waals surface area contributed by atoms with Crippen LogP contribution in [-0.2, 0) is 0 Å². The van der Waals surface area contributed by atoms with E-state index < -0.39 is 0 Å². The highest BCUT2D eigenvalue weighted by Gasteiger charge is 2.31.